The average molecular weight is 1670 g/mol. The van der Waals surface area contributed by atoms with E-state index < -0.39 is 0 Å². The predicted molar refractivity (Wildman–Crippen MR) is 549 cm³/mol. The van der Waals surface area contributed by atoms with Crippen LogP contribution in [0.4, 0.5) is 34.1 Å². The fourth-order valence-electron chi connectivity index (χ4n) is 21.1. The van der Waals surface area contributed by atoms with Crippen molar-refractivity contribution in [3.8, 4) is 100 Å². The Morgan fingerprint density at radius 2 is 0.634 bits per heavy atom. The molecular formula is C125H84N4O2. The molecule has 6 nitrogen and oxygen atoms in total. The maximum Gasteiger partial charge on any atom is 0.143 e. The molecule has 4 aromatic heterocycles. The van der Waals surface area contributed by atoms with Crippen molar-refractivity contribution in [1.29, 1.82) is 0 Å². The minimum absolute atomic E-state index is 0.0747. The third-order valence-electron chi connectivity index (χ3n) is 27.2. The molecule has 0 saturated carbocycles. The number of fused-ring (bicyclic) bond motifs is 13. The SMILES string of the molecule is CC1c2c(oc3c(-c4cccc(N(c5ccc(-c6ccccc6-c6ccccc6-n6c7ccccc7c7ccccc76)cc5)c5ccccc5-c5ccc6ccccc6c5)c4)cccc23)C=CC1c1cccc(-c2ccc(N(c3ccc(-c4ccccc4-c4ccccc4-n4c5ccccc5c5ccccc54)cc3)c3cccc(-c4cccc5c4oc4ccccc45)c3)cc2)c1. The van der Waals surface area contributed by atoms with Crippen LogP contribution in [0.3, 0.4) is 0 Å². The number of benzene rings is 20. The summed E-state index contributed by atoms with van der Waals surface area (Å²) in [5.74, 6) is 1.07. The van der Waals surface area contributed by atoms with Gasteiger partial charge in [-0.2, -0.15) is 0 Å². The quantitative estimate of drug-likeness (QED) is 0.0911. The molecule has 0 fully saturated rings. The lowest BCUT2D eigenvalue weighted by Crippen LogP contribution is -2.11. The lowest BCUT2D eigenvalue weighted by atomic mass is 9.77. The number of nitrogens with zero attached hydrogens (tertiary/aromatic N) is 4. The normalized spacial score (nSPS) is 13.2. The van der Waals surface area contributed by atoms with Crippen molar-refractivity contribution >= 4 is 127 Å². The second-order valence-corrected chi connectivity index (χ2v) is 34.5. The van der Waals surface area contributed by atoms with Crippen LogP contribution in [-0.2, 0) is 0 Å². The van der Waals surface area contributed by atoms with Gasteiger partial charge in [0.05, 0.1) is 39.1 Å². The first-order valence-corrected chi connectivity index (χ1v) is 45.2. The summed E-state index contributed by atoms with van der Waals surface area (Å²) in [5, 5.41) is 10.7. The first-order valence-electron chi connectivity index (χ1n) is 45.2. The summed E-state index contributed by atoms with van der Waals surface area (Å²) in [6, 6.07) is 171. The molecule has 25 rings (SSSR count). The summed E-state index contributed by atoms with van der Waals surface area (Å²) < 4.78 is 18.8. The second kappa shape index (κ2) is 31.8. The first-order chi connectivity index (χ1) is 64.9. The van der Waals surface area contributed by atoms with Gasteiger partial charge in [-0.1, -0.05) is 365 Å². The van der Waals surface area contributed by atoms with Crippen molar-refractivity contribution in [3.05, 3.63) is 490 Å². The van der Waals surface area contributed by atoms with Gasteiger partial charge in [0.1, 0.15) is 22.5 Å². The topological polar surface area (TPSA) is 42.6 Å². The Morgan fingerprint density at radius 3 is 1.21 bits per heavy atom. The van der Waals surface area contributed by atoms with Crippen molar-refractivity contribution in [2.75, 3.05) is 9.80 Å². The molecule has 131 heavy (non-hydrogen) atoms. The van der Waals surface area contributed by atoms with E-state index in [0.29, 0.717) is 0 Å². The molecule has 2 unspecified atom stereocenters. The van der Waals surface area contributed by atoms with Crippen molar-refractivity contribution in [1.82, 2.24) is 9.13 Å². The van der Waals surface area contributed by atoms with Crippen LogP contribution in [0, 0.1) is 0 Å². The van der Waals surface area contributed by atoms with Crippen molar-refractivity contribution in [2.45, 2.75) is 18.8 Å². The molecule has 0 saturated heterocycles. The van der Waals surface area contributed by atoms with Gasteiger partial charge in [0.25, 0.3) is 0 Å². The fourth-order valence-corrected chi connectivity index (χ4v) is 21.1. The Bertz CT molecular complexity index is 8550. The van der Waals surface area contributed by atoms with E-state index >= 15 is 0 Å². The summed E-state index contributed by atoms with van der Waals surface area (Å²) in [6.07, 6.45) is 4.58. The molecule has 6 heteroatoms. The third kappa shape index (κ3) is 13.1. The average Bonchev–Trinajstić information content (AvgIpc) is 1.62. The minimum atomic E-state index is 0.0747. The van der Waals surface area contributed by atoms with Crippen LogP contribution in [0.5, 0.6) is 0 Å². The number of rotatable bonds is 17. The molecule has 616 valence electrons. The highest BCUT2D eigenvalue weighted by Gasteiger charge is 2.32. The smallest absolute Gasteiger partial charge is 0.143 e. The maximum absolute atomic E-state index is 7.19. The van der Waals surface area contributed by atoms with Gasteiger partial charge in [-0.3, -0.25) is 0 Å². The van der Waals surface area contributed by atoms with Gasteiger partial charge in [0.2, 0.25) is 0 Å². The van der Waals surface area contributed by atoms with Gasteiger partial charge >= 0.3 is 0 Å². The molecule has 0 radical (unpaired) electrons. The van der Waals surface area contributed by atoms with Crippen LogP contribution in [-0.4, -0.2) is 9.13 Å². The molecule has 24 aromatic rings. The number of allylic oxidation sites excluding steroid dienone is 1. The van der Waals surface area contributed by atoms with E-state index in [1.165, 1.54) is 65.5 Å². The first kappa shape index (κ1) is 76.4. The summed E-state index contributed by atoms with van der Waals surface area (Å²) in [5.41, 5.74) is 36.3. The van der Waals surface area contributed by atoms with E-state index in [9.17, 15) is 0 Å². The molecular weight excluding hydrogens is 1590 g/mol. The standard InChI is InChI=1S/C125H84N4O2/c1-81-97(88-32-24-31-87(77-88)83-63-69-92(70-64-83)126(95-35-25-33-89(79-95)101-49-27-51-112-111-48-15-23-60-121(111)130-124(101)112)93-71-65-84(66-72-93)98-37-4-6-40-103(98)105-42-9-17-54-115(105)128-117-56-19-11-44-107(117)108-45-12-20-57-118(108)128)75-76-122-123(81)113-52-28-50-102(125(113)131-122)90-34-26-36-96(80-90)127(114-53-16-8-39-100(114)91-62-61-82-29-2-3-30-86(82)78-91)94-73-67-85(68-74-94)99-38-5-7-41-104(99)106-43-10-18-55-116(106)129-119-58-21-13-46-109(119)110-47-14-22-59-120(110)129/h2-81,97H,1H3. The lowest BCUT2D eigenvalue weighted by Gasteiger charge is -2.28. The number of hydrogen-bond donors (Lipinski definition) is 0. The van der Waals surface area contributed by atoms with Crippen molar-refractivity contribution in [3.63, 3.8) is 0 Å². The van der Waals surface area contributed by atoms with Gasteiger partial charge in [-0.25, -0.2) is 0 Å². The van der Waals surface area contributed by atoms with Gasteiger partial charge in [0.15, 0.2) is 0 Å². The largest absolute Gasteiger partial charge is 0.456 e. The van der Waals surface area contributed by atoms with Crippen molar-refractivity contribution < 1.29 is 8.83 Å². The molecule has 1 aliphatic rings. The van der Waals surface area contributed by atoms with Crippen molar-refractivity contribution in [2.24, 2.45) is 0 Å². The Kier molecular flexibility index (Phi) is 18.5. The highest BCUT2D eigenvalue weighted by atomic mass is 16.3. The molecule has 0 amide bonds. The van der Waals surface area contributed by atoms with Crippen LogP contribution in [0.1, 0.15) is 35.6 Å². The minimum Gasteiger partial charge on any atom is -0.456 e. The number of aromatic nitrogens is 2. The van der Waals surface area contributed by atoms with E-state index in [-0.39, 0.29) is 11.8 Å². The van der Waals surface area contributed by atoms with E-state index in [2.05, 4.69) is 499 Å². The van der Waals surface area contributed by atoms with Crippen LogP contribution in [0.25, 0.3) is 194 Å². The van der Waals surface area contributed by atoms with Crippen LogP contribution in [0.15, 0.2) is 482 Å². The summed E-state index contributed by atoms with van der Waals surface area (Å²) in [6.45, 7) is 2.37. The van der Waals surface area contributed by atoms with Gasteiger partial charge in [0, 0.05) is 105 Å². The zero-order chi connectivity index (χ0) is 86.6. The summed E-state index contributed by atoms with van der Waals surface area (Å²) >= 11 is 0. The number of hydrogen-bond acceptors (Lipinski definition) is 4. The predicted octanol–water partition coefficient (Wildman–Crippen LogP) is 34.9. The molecule has 0 aliphatic heterocycles. The number of furan rings is 2. The van der Waals surface area contributed by atoms with Crippen LogP contribution in [0.2, 0.25) is 0 Å². The molecule has 0 spiro atoms. The zero-order valence-corrected chi connectivity index (χ0v) is 71.9. The van der Waals surface area contributed by atoms with E-state index in [0.717, 1.165) is 173 Å². The molecule has 1 aliphatic carbocycles. The molecule has 0 N–H and O–H groups in total. The molecule has 4 heterocycles. The molecule has 2 atom stereocenters. The Morgan fingerprint density at radius 1 is 0.237 bits per heavy atom. The monoisotopic (exact) mass is 1670 g/mol. The highest BCUT2D eigenvalue weighted by molar-refractivity contribution is 6.13. The van der Waals surface area contributed by atoms with Gasteiger partial charge in [-0.05, 0) is 205 Å². The molecule has 0 bridgehead atoms. The third-order valence-corrected chi connectivity index (χ3v) is 27.2. The molecule has 20 aromatic carbocycles. The van der Waals surface area contributed by atoms with Crippen LogP contribution < -0.4 is 9.80 Å². The Labute approximate surface area is 759 Å². The highest BCUT2D eigenvalue weighted by Crippen LogP contribution is 2.52. The Balaban J connectivity index is 0.537. The Hall–Kier alpha value is -17.1. The summed E-state index contributed by atoms with van der Waals surface area (Å²) in [7, 11) is 0. The van der Waals surface area contributed by atoms with E-state index in [1.54, 1.807) is 0 Å². The van der Waals surface area contributed by atoms with E-state index in [4.69, 9.17) is 8.83 Å². The number of para-hydroxylation sites is 10. The second-order valence-electron chi connectivity index (χ2n) is 34.5. The fraction of sp³-hybridized carbons (Fsp3) is 0.0240. The van der Waals surface area contributed by atoms with Crippen LogP contribution >= 0.6 is 0 Å². The van der Waals surface area contributed by atoms with Gasteiger partial charge < -0.3 is 27.8 Å². The van der Waals surface area contributed by atoms with Gasteiger partial charge in [-0.15, -0.1) is 0 Å². The number of anilines is 6. The zero-order valence-electron chi connectivity index (χ0n) is 71.9. The van der Waals surface area contributed by atoms with E-state index in [1.807, 2.05) is 6.07 Å². The summed E-state index contributed by atoms with van der Waals surface area (Å²) in [4.78, 5) is 4.82. The maximum atomic E-state index is 7.19. The lowest BCUT2D eigenvalue weighted by molar-refractivity contribution is 0.574.